The van der Waals surface area contributed by atoms with Crippen molar-refractivity contribution in [2.75, 3.05) is 13.1 Å². The summed E-state index contributed by atoms with van der Waals surface area (Å²) in [5.74, 6) is -4.02. The van der Waals surface area contributed by atoms with Crippen molar-refractivity contribution in [1.82, 2.24) is 15.5 Å². The van der Waals surface area contributed by atoms with Crippen LogP contribution in [0.15, 0.2) is 0 Å². The quantitative estimate of drug-likeness (QED) is 0.279. The number of carbonyl (C=O) groups is 5. The third-order valence-corrected chi connectivity index (χ3v) is 4.84. The molecule has 0 aliphatic carbocycles. The zero-order valence-electron chi connectivity index (χ0n) is 16.1. The summed E-state index contributed by atoms with van der Waals surface area (Å²) >= 11 is 0. The van der Waals surface area contributed by atoms with Crippen LogP contribution in [0.3, 0.4) is 0 Å². The summed E-state index contributed by atoms with van der Waals surface area (Å²) in [4.78, 5) is 60.9. The third kappa shape index (κ3) is 6.19. The summed E-state index contributed by atoms with van der Waals surface area (Å²) in [5.41, 5.74) is 10.3. The van der Waals surface area contributed by atoms with E-state index >= 15 is 0 Å². The summed E-state index contributed by atoms with van der Waals surface area (Å²) in [6, 6.07) is -3.19. The molecular formula is C17H29N5O6. The molecule has 4 amide bonds. The molecule has 7 N–H and O–H groups in total. The van der Waals surface area contributed by atoms with Gasteiger partial charge in [-0.25, -0.2) is 4.79 Å². The van der Waals surface area contributed by atoms with E-state index in [1.54, 1.807) is 6.92 Å². The lowest BCUT2D eigenvalue weighted by Crippen LogP contribution is -2.57. The van der Waals surface area contributed by atoms with Gasteiger partial charge in [-0.1, -0.05) is 20.3 Å². The lowest BCUT2D eigenvalue weighted by molar-refractivity contribution is -0.146. The highest BCUT2D eigenvalue weighted by Crippen LogP contribution is 2.21. The second kappa shape index (κ2) is 10.6. The molecule has 0 saturated carbocycles. The average molecular weight is 399 g/mol. The predicted molar refractivity (Wildman–Crippen MR) is 98.6 cm³/mol. The van der Waals surface area contributed by atoms with Crippen LogP contribution in [0.1, 0.15) is 39.5 Å². The number of hydrogen-bond acceptors (Lipinski definition) is 6. The summed E-state index contributed by atoms with van der Waals surface area (Å²) in [6.07, 6.45) is 0.962. The largest absolute Gasteiger partial charge is 0.480 e. The molecule has 0 spiro atoms. The van der Waals surface area contributed by atoms with Crippen LogP contribution in [0, 0.1) is 5.92 Å². The second-order valence-corrected chi connectivity index (χ2v) is 6.89. The minimum absolute atomic E-state index is 0.186. The molecule has 0 aromatic heterocycles. The number of nitrogens with two attached hydrogens (primary N) is 2. The van der Waals surface area contributed by atoms with Crippen LogP contribution in [0.2, 0.25) is 0 Å². The van der Waals surface area contributed by atoms with Crippen LogP contribution in [0.5, 0.6) is 0 Å². The van der Waals surface area contributed by atoms with E-state index in [0.29, 0.717) is 25.8 Å². The summed E-state index contributed by atoms with van der Waals surface area (Å²) in [6.45, 7) is 3.71. The topological polar surface area (TPSA) is 185 Å². The fourth-order valence-electron chi connectivity index (χ4n) is 3.07. The van der Waals surface area contributed by atoms with Gasteiger partial charge in [0, 0.05) is 6.54 Å². The molecule has 4 unspecified atom stereocenters. The Bertz CT molecular complexity index is 625. The number of amides is 4. The van der Waals surface area contributed by atoms with E-state index in [1.165, 1.54) is 4.90 Å². The van der Waals surface area contributed by atoms with Crippen molar-refractivity contribution < 1.29 is 29.1 Å². The summed E-state index contributed by atoms with van der Waals surface area (Å²) < 4.78 is 0. The van der Waals surface area contributed by atoms with Crippen LogP contribution < -0.4 is 22.1 Å². The van der Waals surface area contributed by atoms with Crippen LogP contribution in [0.4, 0.5) is 0 Å². The number of nitrogens with one attached hydrogen (secondary N) is 2. The molecule has 1 fully saturated rings. The number of aliphatic carboxylic acids is 1. The standard InChI is InChI=1S/C17H29N5O6/c1-3-9(2)14(21-13(24)8-18)16(26)22-6-4-5-11(22)15(25)20-10(17(27)28)7-12(19)23/h9-11,14H,3-8,18H2,1-2H3,(H2,19,23)(H,20,25)(H,21,24)(H,27,28). The molecule has 0 bridgehead atoms. The van der Waals surface area contributed by atoms with Gasteiger partial charge in [0.15, 0.2) is 0 Å². The molecule has 11 nitrogen and oxygen atoms in total. The van der Waals surface area contributed by atoms with Crippen molar-refractivity contribution >= 4 is 29.6 Å². The van der Waals surface area contributed by atoms with Gasteiger partial charge in [0.1, 0.15) is 18.1 Å². The van der Waals surface area contributed by atoms with E-state index in [-0.39, 0.29) is 12.5 Å². The van der Waals surface area contributed by atoms with E-state index in [1.807, 2.05) is 6.92 Å². The van der Waals surface area contributed by atoms with Crippen LogP contribution in [0.25, 0.3) is 0 Å². The van der Waals surface area contributed by atoms with Gasteiger partial charge in [-0.05, 0) is 18.8 Å². The minimum atomic E-state index is -1.47. The second-order valence-electron chi connectivity index (χ2n) is 6.89. The molecule has 0 radical (unpaired) electrons. The number of carbonyl (C=O) groups excluding carboxylic acids is 4. The Labute approximate surface area is 163 Å². The number of carboxylic acids is 1. The first-order valence-corrected chi connectivity index (χ1v) is 9.23. The normalized spacial score (nSPS) is 19.4. The Morgan fingerprint density at radius 3 is 2.36 bits per heavy atom. The Balaban J connectivity index is 2.94. The SMILES string of the molecule is CCC(C)C(NC(=O)CN)C(=O)N1CCCC1C(=O)NC(CC(N)=O)C(=O)O. The van der Waals surface area contributed by atoms with Crippen LogP contribution >= 0.6 is 0 Å². The first kappa shape index (κ1) is 23.3. The molecule has 1 saturated heterocycles. The predicted octanol–water partition coefficient (Wildman–Crippen LogP) is -2.09. The summed E-state index contributed by atoms with van der Waals surface area (Å²) in [5, 5.41) is 14.0. The minimum Gasteiger partial charge on any atom is -0.480 e. The van der Waals surface area contributed by atoms with Gasteiger partial charge in [0.2, 0.25) is 23.6 Å². The number of likely N-dealkylation sites (tertiary alicyclic amines) is 1. The first-order valence-electron chi connectivity index (χ1n) is 9.23. The van der Waals surface area contributed by atoms with E-state index in [9.17, 15) is 24.0 Å². The highest BCUT2D eigenvalue weighted by atomic mass is 16.4. The van der Waals surface area contributed by atoms with Crippen molar-refractivity contribution in [2.24, 2.45) is 17.4 Å². The molecule has 1 heterocycles. The van der Waals surface area contributed by atoms with E-state index in [4.69, 9.17) is 16.6 Å². The zero-order chi connectivity index (χ0) is 21.4. The lowest BCUT2D eigenvalue weighted by Gasteiger charge is -2.31. The van der Waals surface area contributed by atoms with Gasteiger partial charge in [-0.2, -0.15) is 0 Å². The summed E-state index contributed by atoms with van der Waals surface area (Å²) in [7, 11) is 0. The van der Waals surface area contributed by atoms with Gasteiger partial charge in [0.25, 0.3) is 0 Å². The third-order valence-electron chi connectivity index (χ3n) is 4.84. The van der Waals surface area contributed by atoms with Gasteiger partial charge in [0.05, 0.1) is 13.0 Å². The Morgan fingerprint density at radius 2 is 1.86 bits per heavy atom. The molecule has 1 aliphatic rings. The highest BCUT2D eigenvalue weighted by Gasteiger charge is 2.40. The fraction of sp³-hybridized carbons (Fsp3) is 0.706. The van der Waals surface area contributed by atoms with Crippen LogP contribution in [-0.4, -0.2) is 70.8 Å². The average Bonchev–Trinajstić information content (AvgIpc) is 3.13. The Hall–Kier alpha value is -2.69. The number of nitrogens with zero attached hydrogens (tertiary/aromatic N) is 1. The van der Waals surface area contributed by atoms with E-state index in [0.717, 1.165) is 0 Å². The monoisotopic (exact) mass is 399 g/mol. The van der Waals surface area contributed by atoms with E-state index < -0.39 is 54.1 Å². The van der Waals surface area contributed by atoms with Gasteiger partial charge >= 0.3 is 5.97 Å². The van der Waals surface area contributed by atoms with Gasteiger partial charge in [-0.15, -0.1) is 0 Å². The van der Waals surface area contributed by atoms with Crippen molar-refractivity contribution in [3.05, 3.63) is 0 Å². The maximum Gasteiger partial charge on any atom is 0.326 e. The number of primary amides is 1. The van der Waals surface area contributed by atoms with Crippen LogP contribution in [-0.2, 0) is 24.0 Å². The number of hydrogen-bond donors (Lipinski definition) is 5. The van der Waals surface area contributed by atoms with Gasteiger partial charge in [-0.3, -0.25) is 19.2 Å². The zero-order valence-corrected chi connectivity index (χ0v) is 16.1. The molecule has 0 aromatic rings. The molecule has 1 rings (SSSR count). The van der Waals surface area contributed by atoms with Crippen molar-refractivity contribution in [1.29, 1.82) is 0 Å². The smallest absolute Gasteiger partial charge is 0.326 e. The molecule has 1 aliphatic heterocycles. The van der Waals surface area contributed by atoms with Crippen molar-refractivity contribution in [3.8, 4) is 0 Å². The van der Waals surface area contributed by atoms with Gasteiger partial charge < -0.3 is 32.1 Å². The molecule has 158 valence electrons. The first-order chi connectivity index (χ1) is 13.1. The Morgan fingerprint density at radius 1 is 1.21 bits per heavy atom. The van der Waals surface area contributed by atoms with Crippen molar-refractivity contribution in [3.63, 3.8) is 0 Å². The maximum absolute atomic E-state index is 13.0. The molecule has 11 heteroatoms. The maximum atomic E-state index is 13.0. The molecule has 0 aromatic carbocycles. The van der Waals surface area contributed by atoms with E-state index in [2.05, 4.69) is 10.6 Å². The number of carboxylic acid groups (broad SMARTS) is 1. The molecular weight excluding hydrogens is 370 g/mol. The Kier molecular flexibility index (Phi) is 8.83. The fourth-order valence-corrected chi connectivity index (χ4v) is 3.07. The number of rotatable bonds is 10. The van der Waals surface area contributed by atoms with Crippen molar-refractivity contribution in [2.45, 2.75) is 57.7 Å². The molecule has 4 atom stereocenters. The lowest BCUT2D eigenvalue weighted by atomic mass is 9.97. The molecule has 28 heavy (non-hydrogen) atoms. The highest BCUT2D eigenvalue weighted by molar-refractivity contribution is 5.95.